The molecule has 0 saturated carbocycles. The van der Waals surface area contributed by atoms with E-state index in [-0.39, 0.29) is 0 Å². The van der Waals surface area contributed by atoms with Crippen LogP contribution in [0.2, 0.25) is 0 Å². The van der Waals surface area contributed by atoms with E-state index in [0.29, 0.717) is 0 Å². The van der Waals surface area contributed by atoms with Crippen LogP contribution in [-0.4, -0.2) is 18.4 Å². The first kappa shape index (κ1) is 14.7. The number of nitro benzene ring substituents is 1. The maximum atomic E-state index is 13.1. The molecule has 110 valence electrons. The molecular weight excluding hydrogens is 303 g/mol. The lowest BCUT2D eigenvalue weighted by Crippen LogP contribution is -2.14. The van der Waals surface area contributed by atoms with Crippen LogP contribution in [0.4, 0.5) is 15.8 Å². The Kier molecular flexibility index (Phi) is 3.76. The van der Waals surface area contributed by atoms with Crippen molar-refractivity contribution in [3.05, 3.63) is 58.4 Å². The van der Waals surface area contributed by atoms with Gasteiger partial charge in [-0.15, -0.1) is 0 Å². The number of aromatic hydroxyl groups is 1. The number of halogens is 1. The summed E-state index contributed by atoms with van der Waals surface area (Å²) in [5, 5.41) is 20.3. The normalized spacial score (nSPS) is 11.1. The maximum Gasteiger partial charge on any atom is 0.289 e. The number of para-hydroxylation sites is 1. The molecule has 21 heavy (non-hydrogen) atoms. The van der Waals surface area contributed by atoms with Gasteiger partial charge in [-0.25, -0.2) is 12.8 Å². The van der Waals surface area contributed by atoms with Crippen molar-refractivity contribution < 1.29 is 22.8 Å². The fourth-order valence-electron chi connectivity index (χ4n) is 1.62. The van der Waals surface area contributed by atoms with Gasteiger partial charge in [0.15, 0.2) is 4.90 Å². The van der Waals surface area contributed by atoms with Crippen molar-refractivity contribution in [1.82, 2.24) is 0 Å². The zero-order chi connectivity index (χ0) is 15.6. The number of benzene rings is 2. The van der Waals surface area contributed by atoms with Crippen LogP contribution in [0, 0.1) is 15.9 Å². The molecule has 2 rings (SSSR count). The molecule has 0 spiro atoms. The Morgan fingerprint density at radius 3 is 2.52 bits per heavy atom. The third-order valence-electron chi connectivity index (χ3n) is 2.55. The SMILES string of the molecule is O=[N+]([O-])c1ccccc1S(=O)(=O)Nc1cc(F)ccc1O. The molecule has 0 heterocycles. The monoisotopic (exact) mass is 312 g/mol. The standard InChI is InChI=1S/C12H9FN2O5S/c13-8-5-6-11(16)9(7-8)14-21(19,20)12-4-2-1-3-10(12)15(17)18/h1-7,14,16H. The molecule has 7 nitrogen and oxygen atoms in total. The van der Waals surface area contributed by atoms with E-state index in [9.17, 15) is 28.0 Å². The predicted octanol–water partition coefficient (Wildman–Crippen LogP) is 2.24. The van der Waals surface area contributed by atoms with E-state index in [2.05, 4.69) is 0 Å². The molecule has 2 aromatic carbocycles. The molecular formula is C12H9FN2O5S. The van der Waals surface area contributed by atoms with Gasteiger partial charge in [0, 0.05) is 12.1 Å². The first-order chi connectivity index (χ1) is 9.81. The minimum Gasteiger partial charge on any atom is -0.506 e. The lowest BCUT2D eigenvalue weighted by atomic mass is 10.3. The van der Waals surface area contributed by atoms with Gasteiger partial charge in [0.25, 0.3) is 15.7 Å². The number of phenolic OH excluding ortho intramolecular Hbond substituents is 1. The largest absolute Gasteiger partial charge is 0.506 e. The van der Waals surface area contributed by atoms with Crippen LogP contribution in [0.15, 0.2) is 47.4 Å². The molecule has 9 heteroatoms. The zero-order valence-corrected chi connectivity index (χ0v) is 11.2. The van der Waals surface area contributed by atoms with Crippen molar-refractivity contribution in [1.29, 1.82) is 0 Å². The molecule has 0 unspecified atom stereocenters. The molecule has 2 aromatic rings. The third-order valence-corrected chi connectivity index (χ3v) is 3.97. The predicted molar refractivity (Wildman–Crippen MR) is 72.0 cm³/mol. The Labute approximate surface area is 118 Å². The summed E-state index contributed by atoms with van der Waals surface area (Å²) in [5.41, 5.74) is -1.03. The van der Waals surface area contributed by atoms with E-state index in [1.54, 1.807) is 0 Å². The first-order valence-electron chi connectivity index (χ1n) is 5.56. The summed E-state index contributed by atoms with van der Waals surface area (Å²) in [6.07, 6.45) is 0. The minimum atomic E-state index is -4.35. The fourth-order valence-corrected chi connectivity index (χ4v) is 2.86. The second-order valence-corrected chi connectivity index (χ2v) is 5.64. The van der Waals surface area contributed by atoms with E-state index < -0.39 is 42.8 Å². The van der Waals surface area contributed by atoms with Gasteiger partial charge in [0.05, 0.1) is 10.6 Å². The van der Waals surface area contributed by atoms with Crippen LogP contribution < -0.4 is 4.72 Å². The number of nitro groups is 1. The zero-order valence-electron chi connectivity index (χ0n) is 10.4. The van der Waals surface area contributed by atoms with E-state index in [4.69, 9.17) is 0 Å². The highest BCUT2D eigenvalue weighted by Crippen LogP contribution is 2.29. The van der Waals surface area contributed by atoms with Crippen molar-refractivity contribution in [3.8, 4) is 5.75 Å². The van der Waals surface area contributed by atoms with Gasteiger partial charge in [-0.1, -0.05) is 12.1 Å². The summed E-state index contributed by atoms with van der Waals surface area (Å²) in [6, 6.07) is 7.37. The third kappa shape index (κ3) is 3.08. The van der Waals surface area contributed by atoms with Gasteiger partial charge in [-0.3, -0.25) is 14.8 Å². The maximum absolute atomic E-state index is 13.1. The van der Waals surface area contributed by atoms with Crippen LogP contribution in [-0.2, 0) is 10.0 Å². The van der Waals surface area contributed by atoms with Gasteiger partial charge in [0.2, 0.25) is 0 Å². The number of anilines is 1. The summed E-state index contributed by atoms with van der Waals surface area (Å²) < 4.78 is 39.3. The average Bonchev–Trinajstić information content (AvgIpc) is 2.42. The Bertz CT molecular complexity index is 807. The second-order valence-electron chi connectivity index (χ2n) is 3.99. The number of nitrogens with one attached hydrogen (secondary N) is 1. The molecule has 0 amide bonds. The Balaban J connectivity index is 2.49. The van der Waals surface area contributed by atoms with E-state index in [1.165, 1.54) is 12.1 Å². The Morgan fingerprint density at radius 1 is 1.19 bits per heavy atom. The lowest BCUT2D eigenvalue weighted by molar-refractivity contribution is -0.387. The number of nitrogens with zero attached hydrogens (tertiary/aromatic N) is 1. The summed E-state index contributed by atoms with van der Waals surface area (Å²) >= 11 is 0. The second kappa shape index (κ2) is 5.37. The van der Waals surface area contributed by atoms with Crippen LogP contribution >= 0.6 is 0 Å². The number of hydrogen-bond acceptors (Lipinski definition) is 5. The highest BCUT2D eigenvalue weighted by atomic mass is 32.2. The van der Waals surface area contributed by atoms with Crippen LogP contribution in [0.25, 0.3) is 0 Å². The first-order valence-corrected chi connectivity index (χ1v) is 7.04. The van der Waals surface area contributed by atoms with Gasteiger partial charge in [-0.05, 0) is 18.2 Å². The molecule has 0 fully saturated rings. The summed E-state index contributed by atoms with van der Waals surface area (Å²) in [4.78, 5) is 9.41. The van der Waals surface area contributed by atoms with Gasteiger partial charge < -0.3 is 5.11 Å². The molecule has 0 atom stereocenters. The Hall–Kier alpha value is -2.68. The van der Waals surface area contributed by atoms with Crippen molar-refractivity contribution >= 4 is 21.4 Å². The van der Waals surface area contributed by atoms with Crippen molar-refractivity contribution in [2.24, 2.45) is 0 Å². The number of phenols is 1. The molecule has 0 aliphatic rings. The number of hydrogen-bond donors (Lipinski definition) is 2. The fraction of sp³-hybridized carbons (Fsp3) is 0. The average molecular weight is 312 g/mol. The van der Waals surface area contributed by atoms with E-state index in [0.717, 1.165) is 30.3 Å². The van der Waals surface area contributed by atoms with Crippen molar-refractivity contribution in [2.75, 3.05) is 4.72 Å². The number of rotatable bonds is 4. The van der Waals surface area contributed by atoms with Crippen LogP contribution in [0.3, 0.4) is 0 Å². The molecule has 0 radical (unpaired) electrons. The summed E-state index contributed by atoms with van der Waals surface area (Å²) in [7, 11) is -4.35. The highest BCUT2D eigenvalue weighted by Gasteiger charge is 2.26. The van der Waals surface area contributed by atoms with Gasteiger partial charge in [0.1, 0.15) is 11.6 Å². The summed E-state index contributed by atoms with van der Waals surface area (Å²) in [5.74, 6) is -1.27. The Morgan fingerprint density at radius 2 is 1.86 bits per heavy atom. The quantitative estimate of drug-likeness (QED) is 0.511. The smallest absolute Gasteiger partial charge is 0.289 e. The van der Waals surface area contributed by atoms with Crippen molar-refractivity contribution in [2.45, 2.75) is 4.90 Å². The van der Waals surface area contributed by atoms with Crippen molar-refractivity contribution in [3.63, 3.8) is 0 Å². The lowest BCUT2D eigenvalue weighted by Gasteiger charge is -2.09. The molecule has 0 aliphatic heterocycles. The molecule has 0 saturated heterocycles. The molecule has 0 aromatic heterocycles. The van der Waals surface area contributed by atoms with E-state index >= 15 is 0 Å². The van der Waals surface area contributed by atoms with Gasteiger partial charge >= 0.3 is 0 Å². The summed E-state index contributed by atoms with van der Waals surface area (Å²) in [6.45, 7) is 0. The van der Waals surface area contributed by atoms with Crippen LogP contribution in [0.1, 0.15) is 0 Å². The molecule has 2 N–H and O–H groups in total. The van der Waals surface area contributed by atoms with Crippen LogP contribution in [0.5, 0.6) is 5.75 Å². The molecule has 0 bridgehead atoms. The highest BCUT2D eigenvalue weighted by molar-refractivity contribution is 7.92. The minimum absolute atomic E-state index is 0.409. The topological polar surface area (TPSA) is 110 Å². The number of sulfonamides is 1. The van der Waals surface area contributed by atoms with E-state index in [1.807, 2.05) is 4.72 Å². The van der Waals surface area contributed by atoms with Gasteiger partial charge in [-0.2, -0.15) is 0 Å². The molecule has 0 aliphatic carbocycles.